The van der Waals surface area contributed by atoms with Crippen LogP contribution < -0.4 is 0 Å². The number of hydrogen-bond donors (Lipinski definition) is 0. The van der Waals surface area contributed by atoms with Crippen molar-refractivity contribution in [1.29, 1.82) is 0 Å². The summed E-state index contributed by atoms with van der Waals surface area (Å²) in [6.45, 7) is 5.73. The minimum absolute atomic E-state index is 0.297. The molecule has 1 rings (SSSR count). The minimum Gasteiger partial charge on any atom is -0.462 e. The van der Waals surface area contributed by atoms with Crippen molar-refractivity contribution in [2.45, 2.75) is 20.8 Å². The van der Waals surface area contributed by atoms with Gasteiger partial charge in [-0.15, -0.1) is 0 Å². The first-order valence-corrected chi connectivity index (χ1v) is 5.14. The fraction of sp³-hybridized carbons (Fsp3) is 0.455. The fourth-order valence-corrected chi connectivity index (χ4v) is 1.33. The molecule has 0 fully saturated rings. The molecule has 0 unspecified atom stereocenters. The zero-order valence-corrected chi connectivity index (χ0v) is 9.65. The number of ether oxygens (including phenoxy) is 2. The predicted octanol–water partition coefficient (Wildman–Crippen LogP) is 1.98. The molecular weight excluding hydrogens is 210 g/mol. The van der Waals surface area contributed by atoms with Crippen LogP contribution in [0.3, 0.4) is 0 Å². The van der Waals surface area contributed by atoms with Gasteiger partial charge < -0.3 is 9.47 Å². The monoisotopic (exact) mass is 225 g/mol. The summed E-state index contributed by atoms with van der Waals surface area (Å²) in [5.41, 5.74) is 0.909. The molecule has 0 saturated heterocycles. The first-order chi connectivity index (χ1) is 7.61. The van der Waals surface area contributed by atoms with E-state index >= 15 is 0 Å². The van der Waals surface area contributed by atoms with Crippen LogP contribution in [-0.4, -0.2) is 29.8 Å². The quantitative estimate of drug-likeness (QED) is 0.738. The van der Waals surface area contributed by atoms with Crippen LogP contribution >= 0.6 is 0 Å². The highest BCUT2D eigenvalue weighted by atomic mass is 16.5. The number of carbonyl (C=O) groups excluding carboxylic acids is 2. The molecule has 5 heteroatoms. The Hall–Kier alpha value is -1.78. The Balaban J connectivity index is 2.92. The van der Waals surface area contributed by atoms with Gasteiger partial charge in [0, 0.05) is 11.9 Å². The van der Waals surface area contributed by atoms with Crippen LogP contribution in [0.2, 0.25) is 0 Å². The smallest absolute Gasteiger partial charge is 0.418 e. The highest BCUT2D eigenvalue weighted by molar-refractivity contribution is 5.92. The molecule has 1 aromatic rings. The summed E-state index contributed by atoms with van der Waals surface area (Å²) < 4.78 is 11.0. The summed E-state index contributed by atoms with van der Waals surface area (Å²) in [5.74, 6) is -0.428. The van der Waals surface area contributed by atoms with Crippen LogP contribution in [0, 0.1) is 6.92 Å². The highest BCUT2D eigenvalue weighted by Gasteiger charge is 2.17. The Morgan fingerprint density at radius 1 is 1.25 bits per heavy atom. The third-order valence-corrected chi connectivity index (χ3v) is 2.10. The molecule has 16 heavy (non-hydrogen) atoms. The molecule has 0 atom stereocenters. The number of esters is 1. The molecule has 88 valence electrons. The van der Waals surface area contributed by atoms with Crippen molar-refractivity contribution in [1.82, 2.24) is 4.57 Å². The van der Waals surface area contributed by atoms with Crippen molar-refractivity contribution in [2.24, 2.45) is 0 Å². The Bertz CT molecular complexity index is 359. The molecule has 0 aliphatic rings. The lowest BCUT2D eigenvalue weighted by Crippen LogP contribution is -2.15. The lowest BCUT2D eigenvalue weighted by atomic mass is 10.2. The van der Waals surface area contributed by atoms with E-state index in [1.807, 2.05) is 0 Å². The maximum Gasteiger partial charge on any atom is 0.418 e. The molecule has 1 aromatic heterocycles. The SMILES string of the molecule is CCOC(=O)c1ccn(C(=O)OCC)c1C. The van der Waals surface area contributed by atoms with E-state index in [1.165, 1.54) is 10.8 Å². The summed E-state index contributed by atoms with van der Waals surface area (Å²) in [6.07, 6.45) is 1.01. The standard InChI is InChI=1S/C11H15NO4/c1-4-15-10(13)9-6-7-12(8(9)3)11(14)16-5-2/h6-7H,4-5H2,1-3H3. The van der Waals surface area contributed by atoms with Gasteiger partial charge in [0.05, 0.1) is 18.8 Å². The third kappa shape index (κ3) is 2.42. The Morgan fingerprint density at radius 3 is 2.44 bits per heavy atom. The number of aromatic nitrogens is 1. The lowest BCUT2D eigenvalue weighted by molar-refractivity contribution is 0.0525. The van der Waals surface area contributed by atoms with Gasteiger partial charge in [-0.1, -0.05) is 0 Å². The van der Waals surface area contributed by atoms with Gasteiger partial charge in [0.15, 0.2) is 0 Å². The van der Waals surface area contributed by atoms with Crippen molar-refractivity contribution in [3.8, 4) is 0 Å². The molecule has 5 nitrogen and oxygen atoms in total. The van der Waals surface area contributed by atoms with E-state index in [-0.39, 0.29) is 0 Å². The predicted molar refractivity (Wildman–Crippen MR) is 57.5 cm³/mol. The fourth-order valence-electron chi connectivity index (χ4n) is 1.33. The highest BCUT2D eigenvalue weighted by Crippen LogP contribution is 2.12. The summed E-state index contributed by atoms with van der Waals surface area (Å²) in [4.78, 5) is 22.9. The van der Waals surface area contributed by atoms with Gasteiger partial charge in [0.1, 0.15) is 0 Å². The van der Waals surface area contributed by atoms with Crippen molar-refractivity contribution < 1.29 is 19.1 Å². The number of hydrogen-bond acceptors (Lipinski definition) is 4. The van der Waals surface area contributed by atoms with E-state index in [9.17, 15) is 9.59 Å². The van der Waals surface area contributed by atoms with Gasteiger partial charge in [-0.05, 0) is 26.8 Å². The van der Waals surface area contributed by atoms with Crippen LogP contribution in [-0.2, 0) is 9.47 Å². The molecule has 0 N–H and O–H groups in total. The lowest BCUT2D eigenvalue weighted by Gasteiger charge is -2.05. The Kier molecular flexibility index (Phi) is 4.10. The van der Waals surface area contributed by atoms with Crippen molar-refractivity contribution in [3.05, 3.63) is 23.5 Å². The zero-order chi connectivity index (χ0) is 12.1. The van der Waals surface area contributed by atoms with E-state index in [4.69, 9.17) is 9.47 Å². The molecule has 0 radical (unpaired) electrons. The average Bonchev–Trinajstić information content (AvgIpc) is 2.61. The second kappa shape index (κ2) is 5.34. The van der Waals surface area contributed by atoms with Crippen molar-refractivity contribution in [2.75, 3.05) is 13.2 Å². The van der Waals surface area contributed by atoms with Gasteiger partial charge in [-0.2, -0.15) is 0 Å². The van der Waals surface area contributed by atoms with Crippen LogP contribution in [0.25, 0.3) is 0 Å². The summed E-state index contributed by atoms with van der Waals surface area (Å²) in [6, 6.07) is 1.55. The molecule has 1 heterocycles. The van der Waals surface area contributed by atoms with Gasteiger partial charge in [-0.25, -0.2) is 9.59 Å². The second-order valence-electron chi connectivity index (χ2n) is 3.10. The van der Waals surface area contributed by atoms with Gasteiger partial charge in [0.2, 0.25) is 0 Å². The van der Waals surface area contributed by atoms with E-state index in [2.05, 4.69) is 0 Å². The van der Waals surface area contributed by atoms with Crippen molar-refractivity contribution in [3.63, 3.8) is 0 Å². The van der Waals surface area contributed by atoms with Crippen LogP contribution in [0.4, 0.5) is 4.79 Å². The second-order valence-corrected chi connectivity index (χ2v) is 3.10. The zero-order valence-electron chi connectivity index (χ0n) is 9.65. The number of rotatable bonds is 3. The largest absolute Gasteiger partial charge is 0.462 e. The van der Waals surface area contributed by atoms with E-state index in [0.29, 0.717) is 24.5 Å². The van der Waals surface area contributed by atoms with E-state index < -0.39 is 12.1 Å². The first kappa shape index (κ1) is 12.3. The van der Waals surface area contributed by atoms with Crippen LogP contribution in [0.15, 0.2) is 12.3 Å². The Morgan fingerprint density at radius 2 is 1.88 bits per heavy atom. The molecule has 0 aliphatic heterocycles. The van der Waals surface area contributed by atoms with Crippen LogP contribution in [0.5, 0.6) is 0 Å². The topological polar surface area (TPSA) is 57.5 Å². The molecule has 0 amide bonds. The molecular formula is C11H15NO4. The molecule has 0 aliphatic carbocycles. The maximum absolute atomic E-state index is 11.5. The number of nitrogens with zero attached hydrogens (tertiary/aromatic N) is 1. The summed E-state index contributed by atoms with van der Waals surface area (Å²) >= 11 is 0. The molecule has 0 aromatic carbocycles. The van der Waals surface area contributed by atoms with Gasteiger partial charge in [-0.3, -0.25) is 4.57 Å². The molecule has 0 spiro atoms. The normalized spacial score (nSPS) is 9.94. The van der Waals surface area contributed by atoms with Gasteiger partial charge >= 0.3 is 12.1 Å². The van der Waals surface area contributed by atoms with Gasteiger partial charge in [0.25, 0.3) is 0 Å². The Labute approximate surface area is 94.0 Å². The number of carbonyl (C=O) groups is 2. The van der Waals surface area contributed by atoms with Crippen molar-refractivity contribution >= 4 is 12.1 Å². The molecule has 0 bridgehead atoms. The maximum atomic E-state index is 11.5. The summed E-state index contributed by atoms with van der Waals surface area (Å²) in [7, 11) is 0. The third-order valence-electron chi connectivity index (χ3n) is 2.10. The van der Waals surface area contributed by atoms with E-state index in [0.717, 1.165) is 0 Å². The first-order valence-electron chi connectivity index (χ1n) is 5.14. The molecule has 0 saturated carbocycles. The van der Waals surface area contributed by atoms with Crippen LogP contribution in [0.1, 0.15) is 29.9 Å². The average molecular weight is 225 g/mol. The minimum atomic E-state index is -0.490. The van der Waals surface area contributed by atoms with E-state index in [1.54, 1.807) is 26.8 Å². The summed E-state index contributed by atoms with van der Waals surface area (Å²) in [5, 5.41) is 0.